The maximum absolute atomic E-state index is 11.9. The van der Waals surface area contributed by atoms with Crippen LogP contribution in [-0.4, -0.2) is 49.9 Å². The third-order valence-electron chi connectivity index (χ3n) is 3.06. The van der Waals surface area contributed by atoms with Crippen molar-refractivity contribution in [2.45, 2.75) is 38.3 Å². The van der Waals surface area contributed by atoms with Gasteiger partial charge in [-0.2, -0.15) is 0 Å². The summed E-state index contributed by atoms with van der Waals surface area (Å²) in [6.45, 7) is 2.59. The van der Waals surface area contributed by atoms with E-state index >= 15 is 0 Å². The van der Waals surface area contributed by atoms with Crippen LogP contribution in [0.4, 0.5) is 0 Å². The van der Waals surface area contributed by atoms with Gasteiger partial charge in [-0.15, -0.1) is 0 Å². The number of likely N-dealkylation sites (N-methyl/N-ethyl adjacent to an activating group) is 1. The zero-order valence-corrected chi connectivity index (χ0v) is 11.4. The lowest BCUT2D eigenvalue weighted by molar-refractivity contribution is -0.129. The molecule has 1 saturated heterocycles. The van der Waals surface area contributed by atoms with Gasteiger partial charge < -0.3 is 21.3 Å². The van der Waals surface area contributed by atoms with Crippen molar-refractivity contribution in [1.82, 2.24) is 21.3 Å². The van der Waals surface area contributed by atoms with Gasteiger partial charge in [0.05, 0.1) is 6.04 Å². The van der Waals surface area contributed by atoms with Crippen LogP contribution in [0.3, 0.4) is 0 Å². The van der Waals surface area contributed by atoms with Gasteiger partial charge in [0, 0.05) is 20.5 Å². The van der Waals surface area contributed by atoms with Crippen LogP contribution >= 0.6 is 0 Å². The van der Waals surface area contributed by atoms with Crippen molar-refractivity contribution in [1.29, 1.82) is 0 Å². The molecule has 0 aromatic rings. The SMILES string of the molecule is CNC(=O)[C@H](CCNC(C)=O)NC(=O)C1CCCN1. The molecule has 2 atom stereocenters. The van der Waals surface area contributed by atoms with E-state index in [9.17, 15) is 14.4 Å². The second-order valence-corrected chi connectivity index (χ2v) is 4.60. The summed E-state index contributed by atoms with van der Waals surface area (Å²) >= 11 is 0. The lowest BCUT2D eigenvalue weighted by Gasteiger charge is -2.19. The summed E-state index contributed by atoms with van der Waals surface area (Å²) in [6.07, 6.45) is 2.13. The molecule has 0 bridgehead atoms. The van der Waals surface area contributed by atoms with Crippen LogP contribution in [0.25, 0.3) is 0 Å². The van der Waals surface area contributed by atoms with Crippen molar-refractivity contribution < 1.29 is 14.4 Å². The van der Waals surface area contributed by atoms with Gasteiger partial charge in [0.15, 0.2) is 0 Å². The molecule has 1 aliphatic heterocycles. The number of carbonyl (C=O) groups is 3. The van der Waals surface area contributed by atoms with Crippen molar-refractivity contribution >= 4 is 17.7 Å². The first-order chi connectivity index (χ1) is 9.04. The Morgan fingerprint density at radius 3 is 2.63 bits per heavy atom. The molecule has 1 aliphatic rings. The van der Waals surface area contributed by atoms with Crippen LogP contribution in [0, 0.1) is 0 Å². The molecule has 0 aliphatic carbocycles. The molecule has 1 unspecified atom stereocenters. The first-order valence-corrected chi connectivity index (χ1v) is 6.54. The predicted molar refractivity (Wildman–Crippen MR) is 70.3 cm³/mol. The molecule has 1 heterocycles. The highest BCUT2D eigenvalue weighted by Gasteiger charge is 2.26. The summed E-state index contributed by atoms with van der Waals surface area (Å²) in [5.41, 5.74) is 0. The Bertz CT molecular complexity index is 340. The van der Waals surface area contributed by atoms with Crippen LogP contribution in [0.1, 0.15) is 26.2 Å². The minimum Gasteiger partial charge on any atom is -0.357 e. The molecular weight excluding hydrogens is 248 g/mol. The molecule has 0 saturated carbocycles. The summed E-state index contributed by atoms with van der Waals surface area (Å²) < 4.78 is 0. The van der Waals surface area contributed by atoms with Crippen molar-refractivity contribution in [3.05, 3.63) is 0 Å². The fourth-order valence-electron chi connectivity index (χ4n) is 2.02. The lowest BCUT2D eigenvalue weighted by atomic mass is 10.1. The van der Waals surface area contributed by atoms with Crippen LogP contribution in [0.15, 0.2) is 0 Å². The first kappa shape index (κ1) is 15.4. The molecule has 0 aromatic heterocycles. The van der Waals surface area contributed by atoms with Gasteiger partial charge in [-0.05, 0) is 25.8 Å². The maximum atomic E-state index is 11.9. The van der Waals surface area contributed by atoms with Gasteiger partial charge in [0.25, 0.3) is 0 Å². The Morgan fingerprint density at radius 1 is 1.37 bits per heavy atom. The van der Waals surface area contributed by atoms with E-state index in [0.29, 0.717) is 13.0 Å². The number of amides is 3. The van der Waals surface area contributed by atoms with Crippen LogP contribution in [0.2, 0.25) is 0 Å². The predicted octanol–water partition coefficient (Wildman–Crippen LogP) is -1.50. The van der Waals surface area contributed by atoms with E-state index in [0.717, 1.165) is 19.4 Å². The summed E-state index contributed by atoms with van der Waals surface area (Å²) in [4.78, 5) is 34.4. The largest absolute Gasteiger partial charge is 0.357 e. The molecule has 0 spiro atoms. The van der Waals surface area contributed by atoms with Crippen molar-refractivity contribution in [2.75, 3.05) is 20.1 Å². The Kier molecular flexibility index (Phi) is 6.27. The van der Waals surface area contributed by atoms with Gasteiger partial charge in [-0.25, -0.2) is 0 Å². The highest BCUT2D eigenvalue weighted by molar-refractivity contribution is 5.89. The molecule has 3 amide bonds. The molecule has 4 N–H and O–H groups in total. The molecular formula is C12H22N4O3. The molecule has 1 rings (SSSR count). The minimum absolute atomic E-state index is 0.153. The summed E-state index contributed by atoms with van der Waals surface area (Å²) in [6, 6.07) is -0.834. The van der Waals surface area contributed by atoms with E-state index in [2.05, 4.69) is 21.3 Å². The van der Waals surface area contributed by atoms with Gasteiger partial charge in [0.1, 0.15) is 6.04 Å². The van der Waals surface area contributed by atoms with Crippen molar-refractivity contribution in [3.63, 3.8) is 0 Å². The quantitative estimate of drug-likeness (QED) is 0.472. The number of rotatable bonds is 6. The molecule has 0 aromatic carbocycles. The van der Waals surface area contributed by atoms with Gasteiger partial charge in [0.2, 0.25) is 17.7 Å². The van der Waals surface area contributed by atoms with Crippen LogP contribution in [0.5, 0.6) is 0 Å². The van der Waals surface area contributed by atoms with Gasteiger partial charge >= 0.3 is 0 Å². The Balaban J connectivity index is 2.46. The molecule has 7 heteroatoms. The molecule has 19 heavy (non-hydrogen) atoms. The Labute approximate surface area is 112 Å². The van der Waals surface area contributed by atoms with E-state index < -0.39 is 6.04 Å². The van der Waals surface area contributed by atoms with Gasteiger partial charge in [-0.3, -0.25) is 14.4 Å². The molecule has 108 valence electrons. The standard InChI is InChI=1S/C12H22N4O3/c1-8(17)14-7-5-10(11(18)13-2)16-12(19)9-4-3-6-15-9/h9-10,15H,3-7H2,1-2H3,(H,13,18)(H,14,17)(H,16,19)/t9?,10-/m0/s1. The number of hydrogen-bond acceptors (Lipinski definition) is 4. The Morgan fingerprint density at radius 2 is 2.11 bits per heavy atom. The smallest absolute Gasteiger partial charge is 0.242 e. The zero-order valence-electron chi connectivity index (χ0n) is 11.4. The summed E-state index contributed by atoms with van der Waals surface area (Å²) in [7, 11) is 1.52. The van der Waals surface area contributed by atoms with E-state index in [4.69, 9.17) is 0 Å². The van der Waals surface area contributed by atoms with E-state index in [1.165, 1.54) is 14.0 Å². The van der Waals surface area contributed by atoms with E-state index in [1.54, 1.807) is 0 Å². The maximum Gasteiger partial charge on any atom is 0.242 e. The fraction of sp³-hybridized carbons (Fsp3) is 0.750. The highest BCUT2D eigenvalue weighted by Crippen LogP contribution is 2.05. The number of nitrogens with one attached hydrogen (secondary N) is 4. The minimum atomic E-state index is -0.619. The molecule has 1 fully saturated rings. The first-order valence-electron chi connectivity index (χ1n) is 6.54. The monoisotopic (exact) mass is 270 g/mol. The summed E-state index contributed by atoms with van der Waals surface area (Å²) in [5, 5.41) is 10.9. The summed E-state index contributed by atoms with van der Waals surface area (Å²) in [5.74, 6) is -0.565. The highest BCUT2D eigenvalue weighted by atomic mass is 16.2. The lowest BCUT2D eigenvalue weighted by Crippen LogP contribution is -2.51. The topological polar surface area (TPSA) is 99.3 Å². The fourth-order valence-corrected chi connectivity index (χ4v) is 2.02. The number of carbonyl (C=O) groups excluding carboxylic acids is 3. The normalized spacial score (nSPS) is 19.6. The van der Waals surface area contributed by atoms with Crippen LogP contribution in [-0.2, 0) is 14.4 Å². The van der Waals surface area contributed by atoms with E-state index in [-0.39, 0.29) is 23.8 Å². The Hall–Kier alpha value is -1.63. The second-order valence-electron chi connectivity index (χ2n) is 4.60. The second kappa shape index (κ2) is 7.73. The molecule has 0 radical (unpaired) electrons. The molecule has 7 nitrogen and oxygen atoms in total. The average molecular weight is 270 g/mol. The van der Waals surface area contributed by atoms with Crippen LogP contribution < -0.4 is 21.3 Å². The third-order valence-corrected chi connectivity index (χ3v) is 3.06. The van der Waals surface area contributed by atoms with Crippen molar-refractivity contribution in [2.24, 2.45) is 0 Å². The average Bonchev–Trinajstić information content (AvgIpc) is 2.90. The van der Waals surface area contributed by atoms with Crippen molar-refractivity contribution in [3.8, 4) is 0 Å². The number of hydrogen-bond donors (Lipinski definition) is 4. The van der Waals surface area contributed by atoms with Gasteiger partial charge in [-0.1, -0.05) is 0 Å². The van der Waals surface area contributed by atoms with E-state index in [1.807, 2.05) is 0 Å². The zero-order chi connectivity index (χ0) is 14.3. The third kappa shape index (κ3) is 5.25.